The molecule has 0 radical (unpaired) electrons. The van der Waals surface area contributed by atoms with Crippen molar-refractivity contribution in [2.45, 2.75) is 44.3 Å². The summed E-state index contributed by atoms with van der Waals surface area (Å²) in [5.41, 5.74) is 1.11. The molecule has 1 aromatic rings. The van der Waals surface area contributed by atoms with Crippen LogP contribution in [0.1, 0.15) is 31.4 Å². The molecule has 1 aromatic heterocycles. The van der Waals surface area contributed by atoms with Gasteiger partial charge in [-0.1, -0.05) is 0 Å². The Morgan fingerprint density at radius 1 is 1.33 bits per heavy atom. The van der Waals surface area contributed by atoms with Gasteiger partial charge in [-0.2, -0.15) is 5.10 Å². The molecule has 2 fully saturated rings. The summed E-state index contributed by atoms with van der Waals surface area (Å²) in [5, 5.41) is 13.7. The van der Waals surface area contributed by atoms with Crippen LogP contribution in [-0.2, 0) is 18.4 Å². The van der Waals surface area contributed by atoms with Crippen molar-refractivity contribution in [1.29, 1.82) is 0 Å². The van der Waals surface area contributed by atoms with Crippen LogP contribution in [0.15, 0.2) is 12.3 Å². The first-order valence-corrected chi connectivity index (χ1v) is 7.83. The lowest BCUT2D eigenvalue weighted by Crippen LogP contribution is -2.48. The van der Waals surface area contributed by atoms with Crippen molar-refractivity contribution < 1.29 is 9.90 Å². The molecule has 2 aliphatic rings. The van der Waals surface area contributed by atoms with Gasteiger partial charge in [-0.3, -0.25) is 19.3 Å². The largest absolute Gasteiger partial charge is 0.480 e. The number of carboxylic acid groups (broad SMARTS) is 1. The molecule has 0 amide bonds. The number of aromatic nitrogens is 2. The number of piperidine rings is 1. The van der Waals surface area contributed by atoms with Crippen molar-refractivity contribution in [2.75, 3.05) is 19.6 Å². The zero-order valence-electron chi connectivity index (χ0n) is 12.6. The number of carbonyl (C=O) groups is 1. The predicted molar refractivity (Wildman–Crippen MR) is 78.9 cm³/mol. The first kappa shape index (κ1) is 14.5. The van der Waals surface area contributed by atoms with E-state index in [2.05, 4.69) is 21.0 Å². The van der Waals surface area contributed by atoms with Crippen LogP contribution >= 0.6 is 0 Å². The molecular formula is C15H24N4O2. The van der Waals surface area contributed by atoms with Gasteiger partial charge in [0.05, 0.1) is 5.69 Å². The number of likely N-dealkylation sites (tertiary alicyclic amines) is 2. The average Bonchev–Trinajstić information content (AvgIpc) is 3.09. The van der Waals surface area contributed by atoms with Crippen LogP contribution in [0, 0.1) is 0 Å². The number of aryl methyl sites for hydroxylation is 1. The Morgan fingerprint density at radius 2 is 2.10 bits per heavy atom. The van der Waals surface area contributed by atoms with Crippen LogP contribution < -0.4 is 0 Å². The van der Waals surface area contributed by atoms with E-state index < -0.39 is 5.97 Å². The highest BCUT2D eigenvalue weighted by Gasteiger charge is 2.36. The van der Waals surface area contributed by atoms with Crippen LogP contribution in [0.3, 0.4) is 0 Å². The Labute approximate surface area is 125 Å². The second-order valence-corrected chi connectivity index (χ2v) is 6.22. The summed E-state index contributed by atoms with van der Waals surface area (Å²) < 4.78 is 1.84. The first-order valence-electron chi connectivity index (χ1n) is 7.83. The van der Waals surface area contributed by atoms with Crippen molar-refractivity contribution in [3.63, 3.8) is 0 Å². The van der Waals surface area contributed by atoms with E-state index in [1.807, 2.05) is 17.9 Å². The SMILES string of the molecule is Cn1ccc(CN2CCC(N3CCCC3C(=O)O)CC2)n1. The molecule has 0 saturated carbocycles. The van der Waals surface area contributed by atoms with Crippen molar-refractivity contribution in [2.24, 2.45) is 7.05 Å². The number of aliphatic carboxylic acids is 1. The van der Waals surface area contributed by atoms with Gasteiger partial charge < -0.3 is 5.11 Å². The topological polar surface area (TPSA) is 61.6 Å². The minimum absolute atomic E-state index is 0.252. The molecule has 0 bridgehead atoms. The molecule has 3 rings (SSSR count). The van der Waals surface area contributed by atoms with E-state index >= 15 is 0 Å². The zero-order valence-corrected chi connectivity index (χ0v) is 12.6. The maximum Gasteiger partial charge on any atom is 0.320 e. The van der Waals surface area contributed by atoms with E-state index in [0.717, 1.165) is 57.6 Å². The van der Waals surface area contributed by atoms with Gasteiger partial charge >= 0.3 is 5.97 Å². The van der Waals surface area contributed by atoms with E-state index in [9.17, 15) is 9.90 Å². The molecular weight excluding hydrogens is 268 g/mol. The summed E-state index contributed by atoms with van der Waals surface area (Å²) in [4.78, 5) is 15.9. The van der Waals surface area contributed by atoms with E-state index in [0.29, 0.717) is 6.04 Å². The van der Waals surface area contributed by atoms with Crippen LogP contribution in [0.4, 0.5) is 0 Å². The minimum Gasteiger partial charge on any atom is -0.480 e. The summed E-state index contributed by atoms with van der Waals surface area (Å²) in [7, 11) is 1.94. The lowest BCUT2D eigenvalue weighted by atomic mass is 10.0. The van der Waals surface area contributed by atoms with Crippen LogP contribution in [0.25, 0.3) is 0 Å². The third-order valence-electron chi connectivity index (χ3n) is 4.76. The lowest BCUT2D eigenvalue weighted by Gasteiger charge is -2.38. The molecule has 6 nitrogen and oxygen atoms in total. The molecule has 3 heterocycles. The molecule has 0 aliphatic carbocycles. The van der Waals surface area contributed by atoms with Gasteiger partial charge in [-0.15, -0.1) is 0 Å². The standard InChI is InChI=1S/C15H24N4O2/c1-17-8-4-12(16-17)11-18-9-5-13(6-10-18)19-7-2-3-14(19)15(20)21/h4,8,13-14H,2-3,5-7,9-11H2,1H3,(H,20,21). The summed E-state index contributed by atoms with van der Waals surface area (Å²) in [6, 6.07) is 2.25. The van der Waals surface area contributed by atoms with Crippen LogP contribution in [0.5, 0.6) is 0 Å². The zero-order chi connectivity index (χ0) is 14.8. The molecule has 116 valence electrons. The summed E-state index contributed by atoms with van der Waals surface area (Å²) in [6.45, 7) is 3.91. The van der Waals surface area contributed by atoms with Gasteiger partial charge in [0.25, 0.3) is 0 Å². The number of hydrogen-bond donors (Lipinski definition) is 1. The Balaban J connectivity index is 1.52. The third-order valence-corrected chi connectivity index (χ3v) is 4.76. The maximum atomic E-state index is 11.3. The number of nitrogens with zero attached hydrogens (tertiary/aromatic N) is 4. The van der Waals surface area contributed by atoms with Gasteiger partial charge in [0, 0.05) is 38.9 Å². The Hall–Kier alpha value is -1.40. The number of rotatable bonds is 4. The van der Waals surface area contributed by atoms with Gasteiger partial charge in [0.1, 0.15) is 6.04 Å². The van der Waals surface area contributed by atoms with Crippen molar-refractivity contribution >= 4 is 5.97 Å². The molecule has 2 saturated heterocycles. The van der Waals surface area contributed by atoms with Gasteiger partial charge in [-0.25, -0.2) is 0 Å². The maximum absolute atomic E-state index is 11.3. The highest BCUT2D eigenvalue weighted by Crippen LogP contribution is 2.26. The molecule has 0 aromatic carbocycles. The van der Waals surface area contributed by atoms with E-state index in [-0.39, 0.29) is 6.04 Å². The molecule has 1 atom stereocenters. The Morgan fingerprint density at radius 3 is 2.71 bits per heavy atom. The van der Waals surface area contributed by atoms with Gasteiger partial charge in [0.15, 0.2) is 0 Å². The number of hydrogen-bond acceptors (Lipinski definition) is 4. The lowest BCUT2D eigenvalue weighted by molar-refractivity contribution is -0.143. The van der Waals surface area contributed by atoms with Crippen molar-refractivity contribution in [3.05, 3.63) is 18.0 Å². The fourth-order valence-corrected chi connectivity index (χ4v) is 3.68. The quantitative estimate of drug-likeness (QED) is 0.894. The molecule has 0 spiro atoms. The molecule has 6 heteroatoms. The smallest absolute Gasteiger partial charge is 0.320 e. The fourth-order valence-electron chi connectivity index (χ4n) is 3.68. The molecule has 1 unspecified atom stereocenters. The van der Waals surface area contributed by atoms with Crippen molar-refractivity contribution in [1.82, 2.24) is 19.6 Å². The fraction of sp³-hybridized carbons (Fsp3) is 0.733. The van der Waals surface area contributed by atoms with Crippen LogP contribution in [-0.4, -0.2) is 62.4 Å². The second-order valence-electron chi connectivity index (χ2n) is 6.22. The molecule has 1 N–H and O–H groups in total. The Bertz CT molecular complexity index is 494. The third kappa shape index (κ3) is 3.27. The van der Waals surface area contributed by atoms with Gasteiger partial charge in [0.2, 0.25) is 0 Å². The van der Waals surface area contributed by atoms with Crippen molar-refractivity contribution in [3.8, 4) is 0 Å². The predicted octanol–water partition coefficient (Wildman–Crippen LogP) is 0.933. The highest BCUT2D eigenvalue weighted by atomic mass is 16.4. The minimum atomic E-state index is -0.650. The normalized spacial score (nSPS) is 25.5. The highest BCUT2D eigenvalue weighted by molar-refractivity contribution is 5.73. The van der Waals surface area contributed by atoms with E-state index in [1.54, 1.807) is 0 Å². The summed E-state index contributed by atoms with van der Waals surface area (Å²) >= 11 is 0. The molecule has 2 aliphatic heterocycles. The van der Waals surface area contributed by atoms with E-state index in [4.69, 9.17) is 0 Å². The monoisotopic (exact) mass is 292 g/mol. The number of carboxylic acids is 1. The van der Waals surface area contributed by atoms with Crippen LogP contribution in [0.2, 0.25) is 0 Å². The van der Waals surface area contributed by atoms with Gasteiger partial charge in [-0.05, 0) is 38.3 Å². The average molecular weight is 292 g/mol. The Kier molecular flexibility index (Phi) is 4.26. The molecule has 21 heavy (non-hydrogen) atoms. The summed E-state index contributed by atoms with van der Waals surface area (Å²) in [5.74, 6) is -0.650. The summed E-state index contributed by atoms with van der Waals surface area (Å²) in [6.07, 6.45) is 5.94. The first-order chi connectivity index (χ1) is 10.1. The van der Waals surface area contributed by atoms with E-state index in [1.165, 1.54) is 0 Å². The second kappa shape index (κ2) is 6.15.